The summed E-state index contributed by atoms with van der Waals surface area (Å²) in [5.74, 6) is -12.0. The molecular formula is C46H48O26. The number of benzene rings is 2. The molecule has 1 aromatic heterocycles. The van der Waals surface area contributed by atoms with Gasteiger partial charge in [0.05, 0.1) is 12.0 Å². The standard InChI is InChI=1S/C46H48O26/c1-19(47)58-16-36-39(64-24(6)52)41(65-25(7)53)42(66-26(8)54)44(70-36)71-40-37(57)30-14-34(62-22(4)50)35(63-23(5)51)15-32(30)68-38(40)29-11-12-31(33(13-29)61-21(3)49)69-45-43(67-27(9)55)46(18-60-45,72-28(10)56)17-59-20(2)48/h11-15,36,39,41-45H,16-18H2,1-10H3/t36-,39-,41+,42-,43+,44+,45+,46+/m1/s1. The Morgan fingerprint density at radius 1 is 0.556 bits per heavy atom. The molecule has 0 unspecified atom stereocenters. The molecule has 2 fully saturated rings. The Hall–Kier alpha value is -8.13. The third-order valence-electron chi connectivity index (χ3n) is 9.72. The van der Waals surface area contributed by atoms with Crippen LogP contribution in [0.2, 0.25) is 0 Å². The Morgan fingerprint density at radius 3 is 1.64 bits per heavy atom. The molecule has 26 nitrogen and oxygen atoms in total. The summed E-state index contributed by atoms with van der Waals surface area (Å²) in [4.78, 5) is 138. The third-order valence-corrected chi connectivity index (χ3v) is 9.72. The molecule has 0 bridgehead atoms. The smallest absolute Gasteiger partial charge is 0.308 e. The average Bonchev–Trinajstić information content (AvgIpc) is 3.56. The molecule has 8 atom stereocenters. The molecule has 3 heterocycles. The number of carbonyl (C=O) groups excluding carboxylic acids is 10. The second-order valence-corrected chi connectivity index (χ2v) is 15.8. The quantitative estimate of drug-likeness (QED) is 0.106. The topological polar surface area (TPSA) is 330 Å². The van der Waals surface area contributed by atoms with Gasteiger partial charge in [-0.2, -0.15) is 0 Å². The maximum absolute atomic E-state index is 14.9. The molecule has 2 aromatic carbocycles. The van der Waals surface area contributed by atoms with Gasteiger partial charge in [0.2, 0.25) is 41.6 Å². The minimum atomic E-state index is -2.05. The summed E-state index contributed by atoms with van der Waals surface area (Å²) >= 11 is 0. The van der Waals surface area contributed by atoms with E-state index in [1.807, 2.05) is 0 Å². The van der Waals surface area contributed by atoms with E-state index in [2.05, 4.69) is 0 Å². The van der Waals surface area contributed by atoms with E-state index in [0.717, 1.165) is 93.5 Å². The van der Waals surface area contributed by atoms with Gasteiger partial charge in [0.1, 0.15) is 24.9 Å². The summed E-state index contributed by atoms with van der Waals surface area (Å²) in [7, 11) is 0. The van der Waals surface area contributed by atoms with Crippen LogP contribution >= 0.6 is 0 Å². The van der Waals surface area contributed by atoms with Crippen LogP contribution in [0.25, 0.3) is 22.3 Å². The lowest BCUT2D eigenvalue weighted by Crippen LogP contribution is -2.63. The van der Waals surface area contributed by atoms with E-state index in [0.29, 0.717) is 0 Å². The Bertz CT molecular complexity index is 2720. The summed E-state index contributed by atoms with van der Waals surface area (Å²) in [5, 5.41) is -0.411. The Labute approximate surface area is 407 Å². The van der Waals surface area contributed by atoms with Crippen molar-refractivity contribution < 1.29 is 119 Å². The van der Waals surface area contributed by atoms with Gasteiger partial charge in [-0.3, -0.25) is 52.7 Å². The Balaban J connectivity index is 1.76. The SMILES string of the molecule is CC(=O)OC[C@H]1O[C@@H](Oc2c(-c3ccc(O[C@@H]4OC[C@](COC(C)=O)(OC(C)=O)[C@H]4OC(C)=O)c(OC(C)=O)c3)oc3cc(OC(C)=O)c(OC(C)=O)cc3c2=O)[C@H](OC(C)=O)[C@@H](OC(C)=O)[C@@H]1OC(C)=O. The lowest BCUT2D eigenvalue weighted by atomic mass is 9.98. The van der Waals surface area contributed by atoms with Crippen LogP contribution in [0, 0.1) is 0 Å². The van der Waals surface area contributed by atoms with Gasteiger partial charge >= 0.3 is 59.7 Å². The van der Waals surface area contributed by atoms with Gasteiger partial charge in [0.25, 0.3) is 0 Å². The molecule has 0 saturated carbocycles. The fraction of sp³-hybridized carbons (Fsp3) is 0.457. The van der Waals surface area contributed by atoms with Crippen LogP contribution in [0.15, 0.2) is 39.5 Å². The zero-order chi connectivity index (χ0) is 53.4. The van der Waals surface area contributed by atoms with Crippen molar-refractivity contribution in [2.24, 2.45) is 0 Å². The van der Waals surface area contributed by atoms with E-state index in [9.17, 15) is 52.7 Å². The summed E-state index contributed by atoms with van der Waals surface area (Å²) in [5.41, 5.74) is -3.59. The molecule has 0 amide bonds. The number of hydrogen-bond donors (Lipinski definition) is 0. The van der Waals surface area contributed by atoms with Crippen molar-refractivity contribution in [1.29, 1.82) is 0 Å². The summed E-state index contributed by atoms with van der Waals surface area (Å²) in [6.45, 7) is 8.33. The average molecular weight is 1020 g/mol. The molecule has 2 aliphatic heterocycles. The monoisotopic (exact) mass is 1020 g/mol. The highest BCUT2D eigenvalue weighted by Gasteiger charge is 2.58. The van der Waals surface area contributed by atoms with Crippen molar-refractivity contribution in [3.63, 3.8) is 0 Å². The number of hydrogen-bond acceptors (Lipinski definition) is 26. The number of fused-ring (bicyclic) bond motifs is 1. The molecule has 0 spiro atoms. The number of carbonyl (C=O) groups is 10. The molecular weight excluding hydrogens is 968 g/mol. The van der Waals surface area contributed by atoms with Crippen molar-refractivity contribution in [2.45, 2.75) is 118 Å². The van der Waals surface area contributed by atoms with Crippen LogP contribution in [0.1, 0.15) is 69.2 Å². The zero-order valence-electron chi connectivity index (χ0n) is 40.2. The van der Waals surface area contributed by atoms with Crippen molar-refractivity contribution >= 4 is 70.7 Å². The molecule has 2 saturated heterocycles. The maximum atomic E-state index is 14.9. The van der Waals surface area contributed by atoms with Crippen LogP contribution in [0.4, 0.5) is 0 Å². The van der Waals surface area contributed by atoms with E-state index in [1.165, 1.54) is 6.07 Å². The highest BCUT2D eigenvalue weighted by molar-refractivity contribution is 5.88. The Kier molecular flexibility index (Phi) is 17.7. The Morgan fingerprint density at radius 2 is 1.10 bits per heavy atom. The molecule has 0 radical (unpaired) electrons. The van der Waals surface area contributed by atoms with E-state index in [-0.39, 0.29) is 16.9 Å². The molecule has 5 rings (SSSR count). The summed E-state index contributed by atoms with van der Waals surface area (Å²) in [6, 6.07) is 5.48. The van der Waals surface area contributed by atoms with Crippen molar-refractivity contribution in [2.75, 3.05) is 19.8 Å². The predicted molar refractivity (Wildman–Crippen MR) is 231 cm³/mol. The first-order valence-electron chi connectivity index (χ1n) is 21.4. The maximum Gasteiger partial charge on any atom is 0.308 e. The van der Waals surface area contributed by atoms with Gasteiger partial charge < -0.3 is 70.7 Å². The minimum Gasteiger partial charge on any atom is -0.463 e. The first-order valence-corrected chi connectivity index (χ1v) is 21.4. The van der Waals surface area contributed by atoms with E-state index < -0.39 is 168 Å². The number of ether oxygens (including phenoxy) is 14. The van der Waals surface area contributed by atoms with E-state index in [1.54, 1.807) is 0 Å². The van der Waals surface area contributed by atoms with Gasteiger partial charge in [-0.05, 0) is 24.3 Å². The lowest BCUT2D eigenvalue weighted by Gasteiger charge is -2.43. The molecule has 0 aliphatic carbocycles. The molecule has 388 valence electrons. The lowest BCUT2D eigenvalue weighted by molar-refractivity contribution is -0.288. The van der Waals surface area contributed by atoms with Crippen LogP contribution in [0.5, 0.6) is 28.7 Å². The number of rotatable bonds is 17. The largest absolute Gasteiger partial charge is 0.463 e. The van der Waals surface area contributed by atoms with Crippen LogP contribution < -0.4 is 29.1 Å². The van der Waals surface area contributed by atoms with Gasteiger partial charge in [-0.25, -0.2) is 0 Å². The van der Waals surface area contributed by atoms with Gasteiger partial charge in [-0.1, -0.05) is 0 Å². The van der Waals surface area contributed by atoms with Crippen molar-refractivity contribution in [1.82, 2.24) is 0 Å². The van der Waals surface area contributed by atoms with Gasteiger partial charge in [0, 0.05) is 80.9 Å². The summed E-state index contributed by atoms with van der Waals surface area (Å²) < 4.78 is 84.2. The van der Waals surface area contributed by atoms with Gasteiger partial charge in [-0.15, -0.1) is 0 Å². The fourth-order valence-corrected chi connectivity index (χ4v) is 7.29. The van der Waals surface area contributed by atoms with E-state index in [4.69, 9.17) is 70.7 Å². The van der Waals surface area contributed by atoms with Crippen LogP contribution in [0.3, 0.4) is 0 Å². The normalized spacial score (nSPS) is 22.2. The highest BCUT2D eigenvalue weighted by Crippen LogP contribution is 2.43. The second-order valence-electron chi connectivity index (χ2n) is 15.8. The highest BCUT2D eigenvalue weighted by atomic mass is 16.8. The zero-order valence-corrected chi connectivity index (χ0v) is 40.2. The molecule has 0 N–H and O–H groups in total. The molecule has 26 heteroatoms. The molecule has 2 aliphatic rings. The summed E-state index contributed by atoms with van der Waals surface area (Å²) in [6.07, 6.45) is -12.2. The second kappa shape index (κ2) is 23.2. The molecule has 72 heavy (non-hydrogen) atoms. The minimum absolute atomic E-state index is 0.190. The molecule has 3 aromatic rings. The van der Waals surface area contributed by atoms with Gasteiger partial charge in [0.15, 0.2) is 41.0 Å². The van der Waals surface area contributed by atoms with E-state index >= 15 is 0 Å². The fourth-order valence-electron chi connectivity index (χ4n) is 7.29. The first-order chi connectivity index (χ1) is 33.8. The van der Waals surface area contributed by atoms with Crippen LogP contribution in [-0.4, -0.2) is 128 Å². The van der Waals surface area contributed by atoms with Crippen molar-refractivity contribution in [3.05, 3.63) is 40.6 Å². The predicted octanol–water partition coefficient (Wildman–Crippen LogP) is 2.23. The first kappa shape index (κ1) is 54.8. The third kappa shape index (κ3) is 13.8. The van der Waals surface area contributed by atoms with Crippen LogP contribution in [-0.2, 0) is 90.6 Å². The van der Waals surface area contributed by atoms with Crippen molar-refractivity contribution in [3.8, 4) is 40.1 Å². The number of esters is 10.